The fourth-order valence-electron chi connectivity index (χ4n) is 7.10. The van der Waals surface area contributed by atoms with Gasteiger partial charge < -0.3 is 28.8 Å². The van der Waals surface area contributed by atoms with Crippen molar-refractivity contribution in [1.82, 2.24) is 0 Å². The molecule has 5 heterocycles. The van der Waals surface area contributed by atoms with E-state index < -0.39 is 5.60 Å². The standard InChI is InChI=1S/C11H12O4.C10H10O4/c12-10-5-1-2-6-9-8(5)7(15-10)3-11(9,13)4-14-6;11-9-5-3-13-10-7-4(2-12-10)1-6(14-9)8(5)7/h1,6-9,13H,2-4H2;3-4,6-8,10H,1-2H2/t6-,7-,8-,9-,11+;4-,6-,7+,8-,10-/m00/s1. The van der Waals surface area contributed by atoms with Gasteiger partial charge in [-0.1, -0.05) is 6.08 Å². The van der Waals surface area contributed by atoms with Gasteiger partial charge in [0.2, 0.25) is 6.29 Å². The van der Waals surface area contributed by atoms with Gasteiger partial charge in [-0.15, -0.1) is 0 Å². The van der Waals surface area contributed by atoms with Crippen LogP contribution in [0, 0.1) is 29.6 Å². The minimum Gasteiger partial charge on any atom is -0.472 e. The maximum atomic E-state index is 11.5. The lowest BCUT2D eigenvalue weighted by atomic mass is 9.76. The lowest BCUT2D eigenvalue weighted by Crippen LogP contribution is -2.39. The summed E-state index contributed by atoms with van der Waals surface area (Å²) in [6, 6.07) is 0. The van der Waals surface area contributed by atoms with Crippen molar-refractivity contribution in [1.29, 1.82) is 0 Å². The van der Waals surface area contributed by atoms with E-state index in [1.54, 1.807) is 6.26 Å². The van der Waals surface area contributed by atoms with Crippen LogP contribution in [0.4, 0.5) is 0 Å². The predicted octanol–water partition coefficient (Wildman–Crippen LogP) is 0.442. The lowest BCUT2D eigenvalue weighted by molar-refractivity contribution is -0.140. The fraction of sp³-hybridized carbons (Fsp3) is 0.714. The molecule has 4 saturated heterocycles. The monoisotopic (exact) mass is 402 g/mol. The topological polar surface area (TPSA) is 101 Å². The van der Waals surface area contributed by atoms with Crippen molar-refractivity contribution in [3.8, 4) is 0 Å². The van der Waals surface area contributed by atoms with Gasteiger partial charge >= 0.3 is 11.9 Å². The largest absolute Gasteiger partial charge is 0.472 e. The molecule has 0 spiro atoms. The molecule has 0 amide bonds. The van der Waals surface area contributed by atoms with Crippen LogP contribution in [0.25, 0.3) is 0 Å². The number of aliphatic hydroxyl groups is 1. The maximum absolute atomic E-state index is 11.5. The van der Waals surface area contributed by atoms with Crippen molar-refractivity contribution >= 4 is 11.9 Å². The molecule has 8 heteroatoms. The highest BCUT2D eigenvalue weighted by Gasteiger charge is 2.66. The second-order valence-corrected chi connectivity index (χ2v) is 9.50. The van der Waals surface area contributed by atoms with Crippen LogP contribution in [0.1, 0.15) is 19.3 Å². The second-order valence-electron chi connectivity index (χ2n) is 9.50. The average molecular weight is 402 g/mol. The molecule has 3 aliphatic carbocycles. The van der Waals surface area contributed by atoms with E-state index in [0.717, 1.165) is 30.6 Å². The first-order chi connectivity index (χ1) is 14.0. The van der Waals surface area contributed by atoms with Crippen LogP contribution in [-0.4, -0.2) is 60.5 Å². The number of rotatable bonds is 0. The van der Waals surface area contributed by atoms with Crippen LogP contribution in [0.15, 0.2) is 23.5 Å². The highest BCUT2D eigenvalue weighted by Crippen LogP contribution is 2.57. The van der Waals surface area contributed by atoms with Gasteiger partial charge in [-0.25, -0.2) is 9.59 Å². The van der Waals surface area contributed by atoms with Crippen molar-refractivity contribution in [2.24, 2.45) is 29.6 Å². The van der Waals surface area contributed by atoms with E-state index in [2.05, 4.69) is 0 Å². The highest BCUT2D eigenvalue weighted by molar-refractivity contribution is 5.92. The first-order valence-electron chi connectivity index (χ1n) is 10.5. The normalized spacial score (nSPS) is 53.9. The third kappa shape index (κ3) is 2.04. The molecule has 5 aliphatic heterocycles. The van der Waals surface area contributed by atoms with Gasteiger partial charge in [-0.3, -0.25) is 0 Å². The van der Waals surface area contributed by atoms with Crippen molar-refractivity contribution < 1.29 is 38.4 Å². The zero-order valence-corrected chi connectivity index (χ0v) is 15.7. The van der Waals surface area contributed by atoms with E-state index in [4.69, 9.17) is 23.7 Å². The van der Waals surface area contributed by atoms with Gasteiger partial charge in [-0.05, 0) is 18.8 Å². The Kier molecular flexibility index (Phi) is 3.15. The lowest BCUT2D eigenvalue weighted by Gasteiger charge is -2.28. The number of esters is 2. The zero-order valence-electron chi connectivity index (χ0n) is 15.7. The smallest absolute Gasteiger partial charge is 0.337 e. The number of carbonyl (C=O) groups is 2. The van der Waals surface area contributed by atoms with E-state index >= 15 is 0 Å². The molecule has 0 aromatic rings. The third-order valence-corrected chi connectivity index (χ3v) is 8.20. The molecule has 8 aliphatic rings. The molecule has 6 fully saturated rings. The summed E-state index contributed by atoms with van der Waals surface area (Å²) in [5, 5.41) is 10.4. The van der Waals surface area contributed by atoms with Gasteiger partial charge in [0.15, 0.2) is 0 Å². The minimum atomic E-state index is -0.750. The van der Waals surface area contributed by atoms with Gasteiger partial charge in [0.1, 0.15) is 12.2 Å². The SMILES string of the molecule is O=C1O[C@H]2C[C@@]3(O)CO[C@H]4CC=C1[C@@H]2[C@H]43.O=C1O[C@H]2C[C@H]3CO[C@H]4OC=C1[C@@H]2[C@@H]34. The van der Waals surface area contributed by atoms with Crippen LogP contribution in [0.5, 0.6) is 0 Å². The highest BCUT2D eigenvalue weighted by atomic mass is 16.7. The van der Waals surface area contributed by atoms with E-state index in [0.29, 0.717) is 24.9 Å². The van der Waals surface area contributed by atoms with E-state index in [1.807, 2.05) is 6.08 Å². The summed E-state index contributed by atoms with van der Waals surface area (Å²) >= 11 is 0. The Morgan fingerprint density at radius 1 is 1.00 bits per heavy atom. The quantitative estimate of drug-likeness (QED) is 0.583. The van der Waals surface area contributed by atoms with Crippen LogP contribution in [-0.2, 0) is 33.3 Å². The molecule has 154 valence electrons. The summed E-state index contributed by atoms with van der Waals surface area (Å²) in [6.07, 6.45) is 5.65. The Bertz CT molecular complexity index is 878. The molecule has 8 rings (SSSR count). The summed E-state index contributed by atoms with van der Waals surface area (Å²) in [7, 11) is 0. The number of hydrogen-bond donors (Lipinski definition) is 1. The zero-order chi connectivity index (χ0) is 19.5. The van der Waals surface area contributed by atoms with Crippen LogP contribution in [0.2, 0.25) is 0 Å². The van der Waals surface area contributed by atoms with Crippen molar-refractivity contribution in [3.63, 3.8) is 0 Å². The summed E-state index contributed by atoms with van der Waals surface area (Å²) in [5.41, 5.74) is 0.757. The molecule has 0 bridgehead atoms. The summed E-state index contributed by atoms with van der Waals surface area (Å²) in [6.45, 7) is 1.15. The Morgan fingerprint density at radius 2 is 1.83 bits per heavy atom. The van der Waals surface area contributed by atoms with E-state index in [-0.39, 0.29) is 54.3 Å². The van der Waals surface area contributed by atoms with Crippen LogP contribution < -0.4 is 0 Å². The second kappa shape index (κ2) is 5.42. The molecule has 2 saturated carbocycles. The first kappa shape index (κ1) is 16.8. The molecule has 0 unspecified atom stereocenters. The average Bonchev–Trinajstić information content (AvgIpc) is 3.50. The third-order valence-electron chi connectivity index (χ3n) is 8.20. The minimum absolute atomic E-state index is 0.0777. The summed E-state index contributed by atoms with van der Waals surface area (Å²) < 4.78 is 27.1. The van der Waals surface area contributed by atoms with E-state index in [1.165, 1.54) is 0 Å². The molecular weight excluding hydrogens is 380 g/mol. The van der Waals surface area contributed by atoms with Crippen molar-refractivity contribution in [2.75, 3.05) is 13.2 Å². The summed E-state index contributed by atoms with van der Waals surface area (Å²) in [4.78, 5) is 22.9. The number of carbonyl (C=O) groups excluding carboxylic acids is 2. The summed E-state index contributed by atoms with van der Waals surface area (Å²) in [5.74, 6) is 0.908. The molecule has 10 atom stereocenters. The number of hydrogen-bond acceptors (Lipinski definition) is 8. The fourth-order valence-corrected chi connectivity index (χ4v) is 7.10. The van der Waals surface area contributed by atoms with Gasteiger partial charge in [-0.2, -0.15) is 0 Å². The molecule has 8 nitrogen and oxygen atoms in total. The molecule has 0 aromatic heterocycles. The Morgan fingerprint density at radius 3 is 2.72 bits per heavy atom. The first-order valence-corrected chi connectivity index (χ1v) is 10.5. The Hall–Kier alpha value is -1.90. The maximum Gasteiger partial charge on any atom is 0.337 e. The molecule has 1 N–H and O–H groups in total. The van der Waals surface area contributed by atoms with Gasteiger partial charge in [0.25, 0.3) is 0 Å². The molecule has 29 heavy (non-hydrogen) atoms. The van der Waals surface area contributed by atoms with Gasteiger partial charge in [0, 0.05) is 35.7 Å². The Labute approximate surface area is 166 Å². The molecular formula is C21H22O8. The molecule has 0 radical (unpaired) electrons. The van der Waals surface area contributed by atoms with Gasteiger partial charge in [0.05, 0.1) is 36.8 Å². The van der Waals surface area contributed by atoms with Crippen molar-refractivity contribution in [3.05, 3.63) is 23.5 Å². The number of ether oxygens (including phenoxy) is 5. The van der Waals surface area contributed by atoms with E-state index in [9.17, 15) is 14.7 Å². The predicted molar refractivity (Wildman–Crippen MR) is 92.7 cm³/mol. The Balaban J connectivity index is 0.000000106. The van der Waals surface area contributed by atoms with Crippen LogP contribution in [0.3, 0.4) is 0 Å². The molecule has 0 aromatic carbocycles. The van der Waals surface area contributed by atoms with Crippen LogP contribution >= 0.6 is 0 Å². The van der Waals surface area contributed by atoms with Crippen molar-refractivity contribution in [2.45, 2.75) is 49.5 Å².